The number of rotatable bonds is 4. The van der Waals surface area contributed by atoms with E-state index in [1.807, 2.05) is 43.3 Å². The van der Waals surface area contributed by atoms with Crippen LogP contribution in [0.15, 0.2) is 48.7 Å². The van der Waals surface area contributed by atoms with Gasteiger partial charge in [-0.3, -0.25) is 0 Å². The number of aromatic nitrogens is 2. The fraction of sp³-hybridized carbons (Fsp3) is 0.235. The molecule has 4 heteroatoms. The summed E-state index contributed by atoms with van der Waals surface area (Å²) in [6.07, 6.45) is 2.05. The Labute approximate surface area is 129 Å². The molecule has 1 atom stereocenters. The number of hydrogen-bond donors (Lipinski definition) is 1. The van der Waals surface area contributed by atoms with Crippen LogP contribution in [0.1, 0.15) is 29.9 Å². The number of benzene rings is 1. The van der Waals surface area contributed by atoms with Gasteiger partial charge in [-0.1, -0.05) is 29.8 Å². The van der Waals surface area contributed by atoms with Gasteiger partial charge in [0, 0.05) is 23.8 Å². The van der Waals surface area contributed by atoms with Gasteiger partial charge < -0.3 is 9.72 Å². The maximum atomic E-state index is 6.05. The Balaban J connectivity index is 1.79. The van der Waals surface area contributed by atoms with Crippen molar-refractivity contribution in [3.05, 3.63) is 70.6 Å². The summed E-state index contributed by atoms with van der Waals surface area (Å²) >= 11 is 6.05. The predicted octanol–water partition coefficient (Wildman–Crippen LogP) is 4.15. The van der Waals surface area contributed by atoms with Crippen LogP contribution in [0.25, 0.3) is 5.65 Å². The number of nitrogens with one attached hydrogen (secondary N) is 1. The van der Waals surface area contributed by atoms with E-state index in [0.717, 1.165) is 22.9 Å². The molecule has 0 spiro atoms. The summed E-state index contributed by atoms with van der Waals surface area (Å²) in [4.78, 5) is 4.58. The van der Waals surface area contributed by atoms with Gasteiger partial charge in [-0.2, -0.15) is 0 Å². The minimum atomic E-state index is 0.234. The Hall–Kier alpha value is -1.84. The Morgan fingerprint density at radius 1 is 1.24 bits per heavy atom. The average Bonchev–Trinajstić information content (AvgIpc) is 2.80. The van der Waals surface area contributed by atoms with Gasteiger partial charge in [0.15, 0.2) is 0 Å². The highest BCUT2D eigenvalue weighted by atomic mass is 35.5. The minimum absolute atomic E-state index is 0.234. The van der Waals surface area contributed by atoms with Gasteiger partial charge in [0.05, 0.1) is 11.4 Å². The summed E-state index contributed by atoms with van der Waals surface area (Å²) in [6.45, 7) is 4.96. The van der Waals surface area contributed by atoms with Crippen molar-refractivity contribution >= 4 is 17.2 Å². The van der Waals surface area contributed by atoms with Crippen molar-refractivity contribution in [1.29, 1.82) is 0 Å². The number of hydrogen-bond acceptors (Lipinski definition) is 2. The second kappa shape index (κ2) is 5.88. The third-order valence-corrected chi connectivity index (χ3v) is 3.99. The molecule has 0 aliphatic carbocycles. The number of imidazole rings is 1. The van der Waals surface area contributed by atoms with E-state index in [9.17, 15) is 0 Å². The number of aryl methyl sites for hydroxylation is 1. The molecular formula is C17H18ClN3. The number of halogens is 1. The van der Waals surface area contributed by atoms with Crippen LogP contribution in [0.3, 0.4) is 0 Å². The van der Waals surface area contributed by atoms with E-state index in [4.69, 9.17) is 11.6 Å². The van der Waals surface area contributed by atoms with Crippen molar-refractivity contribution in [3.8, 4) is 0 Å². The monoisotopic (exact) mass is 299 g/mol. The first kappa shape index (κ1) is 14.1. The molecule has 1 N–H and O–H groups in total. The zero-order valence-corrected chi connectivity index (χ0v) is 12.9. The lowest BCUT2D eigenvalue weighted by atomic mass is 10.1. The fourth-order valence-corrected chi connectivity index (χ4v) is 2.72. The van der Waals surface area contributed by atoms with E-state index in [0.29, 0.717) is 0 Å². The van der Waals surface area contributed by atoms with Crippen LogP contribution in [0, 0.1) is 6.92 Å². The fourth-order valence-electron chi connectivity index (χ4n) is 2.52. The molecule has 3 aromatic rings. The lowest BCUT2D eigenvalue weighted by Crippen LogP contribution is -2.19. The summed E-state index contributed by atoms with van der Waals surface area (Å²) in [7, 11) is 0. The third kappa shape index (κ3) is 2.94. The summed E-state index contributed by atoms with van der Waals surface area (Å²) in [5.41, 5.74) is 4.43. The van der Waals surface area contributed by atoms with Crippen LogP contribution >= 0.6 is 11.6 Å². The molecule has 0 amide bonds. The van der Waals surface area contributed by atoms with E-state index < -0.39 is 0 Å². The van der Waals surface area contributed by atoms with Gasteiger partial charge in [0.25, 0.3) is 0 Å². The predicted molar refractivity (Wildman–Crippen MR) is 86.6 cm³/mol. The van der Waals surface area contributed by atoms with Crippen molar-refractivity contribution in [2.75, 3.05) is 0 Å². The molecule has 2 aromatic heterocycles. The first-order valence-corrected chi connectivity index (χ1v) is 7.44. The second-order valence-electron chi connectivity index (χ2n) is 5.23. The standard InChI is InChI=1S/C17H18ClN3/c1-12(14-6-5-7-15(18)10-14)19-11-16-13(2)20-17-8-3-4-9-21(16)17/h3-10,12,19H,11H2,1-2H3/t12-/m0/s1. The highest BCUT2D eigenvalue weighted by Gasteiger charge is 2.10. The minimum Gasteiger partial charge on any atom is -0.305 e. The smallest absolute Gasteiger partial charge is 0.137 e. The summed E-state index contributed by atoms with van der Waals surface area (Å²) in [5, 5.41) is 4.31. The SMILES string of the molecule is Cc1nc2ccccn2c1CN[C@@H](C)c1cccc(Cl)c1. The topological polar surface area (TPSA) is 29.3 Å². The Morgan fingerprint density at radius 3 is 2.90 bits per heavy atom. The van der Waals surface area contributed by atoms with Crippen molar-refractivity contribution in [2.24, 2.45) is 0 Å². The lowest BCUT2D eigenvalue weighted by molar-refractivity contribution is 0.564. The first-order chi connectivity index (χ1) is 10.1. The van der Waals surface area contributed by atoms with Gasteiger partial charge in [-0.05, 0) is 43.7 Å². The summed E-state index contributed by atoms with van der Waals surface area (Å²) < 4.78 is 2.13. The molecule has 0 aliphatic heterocycles. The Bertz CT molecular complexity index is 764. The van der Waals surface area contributed by atoms with Crippen LogP contribution in [-0.2, 0) is 6.54 Å². The van der Waals surface area contributed by atoms with Crippen LogP contribution in [0.4, 0.5) is 0 Å². The Kier molecular flexibility index (Phi) is 3.95. The molecule has 0 aliphatic rings. The van der Waals surface area contributed by atoms with Crippen LogP contribution < -0.4 is 5.32 Å². The molecule has 0 saturated carbocycles. The lowest BCUT2D eigenvalue weighted by Gasteiger charge is -2.15. The number of pyridine rings is 1. The molecule has 0 unspecified atom stereocenters. The highest BCUT2D eigenvalue weighted by Crippen LogP contribution is 2.18. The Morgan fingerprint density at radius 2 is 2.10 bits per heavy atom. The van der Waals surface area contributed by atoms with Gasteiger partial charge >= 0.3 is 0 Å². The maximum absolute atomic E-state index is 6.05. The van der Waals surface area contributed by atoms with E-state index in [2.05, 4.69) is 33.9 Å². The van der Waals surface area contributed by atoms with E-state index in [1.54, 1.807) is 0 Å². The number of fused-ring (bicyclic) bond motifs is 1. The van der Waals surface area contributed by atoms with Crippen molar-refractivity contribution in [2.45, 2.75) is 26.4 Å². The molecule has 0 radical (unpaired) electrons. The highest BCUT2D eigenvalue weighted by molar-refractivity contribution is 6.30. The zero-order chi connectivity index (χ0) is 14.8. The molecule has 2 heterocycles. The molecule has 108 valence electrons. The largest absolute Gasteiger partial charge is 0.305 e. The normalized spacial score (nSPS) is 12.7. The van der Waals surface area contributed by atoms with E-state index in [-0.39, 0.29) is 6.04 Å². The van der Waals surface area contributed by atoms with Crippen LogP contribution in [0.5, 0.6) is 0 Å². The van der Waals surface area contributed by atoms with Gasteiger partial charge in [-0.15, -0.1) is 0 Å². The van der Waals surface area contributed by atoms with Crippen molar-refractivity contribution in [3.63, 3.8) is 0 Å². The maximum Gasteiger partial charge on any atom is 0.137 e. The zero-order valence-electron chi connectivity index (χ0n) is 12.2. The number of nitrogens with zero attached hydrogens (tertiary/aromatic N) is 2. The third-order valence-electron chi connectivity index (χ3n) is 3.75. The second-order valence-corrected chi connectivity index (χ2v) is 5.67. The van der Waals surface area contributed by atoms with E-state index >= 15 is 0 Å². The molecule has 0 saturated heterocycles. The molecule has 3 nitrogen and oxygen atoms in total. The molecule has 21 heavy (non-hydrogen) atoms. The van der Waals surface area contributed by atoms with Crippen LogP contribution in [-0.4, -0.2) is 9.38 Å². The molecule has 0 fully saturated rings. The molecule has 0 bridgehead atoms. The van der Waals surface area contributed by atoms with Crippen LogP contribution in [0.2, 0.25) is 5.02 Å². The molecule has 1 aromatic carbocycles. The van der Waals surface area contributed by atoms with Crippen molar-refractivity contribution < 1.29 is 0 Å². The van der Waals surface area contributed by atoms with Gasteiger partial charge in [0.2, 0.25) is 0 Å². The van der Waals surface area contributed by atoms with E-state index in [1.165, 1.54) is 11.3 Å². The van der Waals surface area contributed by atoms with Gasteiger partial charge in [-0.25, -0.2) is 4.98 Å². The first-order valence-electron chi connectivity index (χ1n) is 7.06. The molecular weight excluding hydrogens is 282 g/mol. The summed E-state index contributed by atoms with van der Waals surface area (Å²) in [5.74, 6) is 0. The average molecular weight is 300 g/mol. The molecule has 3 rings (SSSR count). The van der Waals surface area contributed by atoms with Gasteiger partial charge in [0.1, 0.15) is 5.65 Å². The van der Waals surface area contributed by atoms with Crippen molar-refractivity contribution in [1.82, 2.24) is 14.7 Å². The quantitative estimate of drug-likeness (QED) is 0.784. The summed E-state index contributed by atoms with van der Waals surface area (Å²) in [6, 6.07) is 14.3.